The van der Waals surface area contributed by atoms with Gasteiger partial charge in [-0.3, -0.25) is 30.3 Å². The van der Waals surface area contributed by atoms with Crippen LogP contribution in [-0.4, -0.2) is 32.9 Å². The molecule has 6 N–H and O–H groups in total. The summed E-state index contributed by atoms with van der Waals surface area (Å²) in [6, 6.07) is 32.0. The summed E-state index contributed by atoms with van der Waals surface area (Å²) in [5.41, 5.74) is 10.2. The lowest BCUT2D eigenvalue weighted by molar-refractivity contribution is -0.385. The van der Waals surface area contributed by atoms with E-state index in [4.69, 9.17) is 0 Å². The summed E-state index contributed by atoms with van der Waals surface area (Å²) < 4.78 is 0. The van der Waals surface area contributed by atoms with Crippen LogP contribution in [0.2, 0.25) is 0 Å². The Balaban J connectivity index is 1.48. The molecular weight excluding hydrogens is 1070 g/mol. The highest BCUT2D eigenvalue weighted by Gasteiger charge is 2.27. The van der Waals surface area contributed by atoms with Crippen LogP contribution in [0.4, 0.5) is 65.6 Å². The number of urea groups is 3. The zero-order chi connectivity index (χ0) is 62.1. The van der Waals surface area contributed by atoms with E-state index in [1.165, 1.54) is 72.8 Å². The van der Waals surface area contributed by atoms with Crippen molar-refractivity contribution >= 4 is 69.3 Å². The maximum atomic E-state index is 14.1. The largest absolute Gasteiger partial charge is 0.323 e. The number of rotatable bonds is 13. The van der Waals surface area contributed by atoms with Crippen molar-refractivity contribution in [1.29, 1.82) is 0 Å². The first-order valence-electron chi connectivity index (χ1n) is 27.7. The van der Waals surface area contributed by atoms with Crippen molar-refractivity contribution in [3.8, 4) is 34.8 Å². The predicted molar refractivity (Wildman–Crippen MR) is 338 cm³/mol. The molecule has 7 rings (SSSR count). The molecule has 0 bridgehead atoms. The van der Waals surface area contributed by atoms with Crippen LogP contribution in [0, 0.1) is 54.0 Å². The molecule has 7 aromatic carbocycles. The van der Waals surface area contributed by atoms with Gasteiger partial charge in [-0.05, 0) is 147 Å². The van der Waals surface area contributed by atoms with Gasteiger partial charge in [0.1, 0.15) is 0 Å². The van der Waals surface area contributed by atoms with Gasteiger partial charge in [-0.2, -0.15) is 0 Å². The molecule has 18 nitrogen and oxygen atoms in total. The van der Waals surface area contributed by atoms with Gasteiger partial charge in [0.2, 0.25) is 0 Å². The van der Waals surface area contributed by atoms with Crippen molar-refractivity contribution in [2.75, 3.05) is 31.9 Å². The minimum absolute atomic E-state index is 0.123. The molecule has 0 atom stereocenters. The third-order valence-corrected chi connectivity index (χ3v) is 14.2. The number of benzene rings is 7. The second kappa shape index (κ2) is 25.9. The molecule has 0 unspecified atom stereocenters. The average Bonchev–Trinajstić information content (AvgIpc) is 3.40. The molecule has 0 aliphatic carbocycles. The van der Waals surface area contributed by atoms with E-state index in [0.29, 0.717) is 81.2 Å². The van der Waals surface area contributed by atoms with Crippen molar-refractivity contribution in [1.82, 2.24) is 0 Å². The number of hydrogen-bond acceptors (Lipinski definition) is 9. The van der Waals surface area contributed by atoms with Gasteiger partial charge < -0.3 is 31.9 Å². The fraction of sp³-hybridized carbons (Fsp3) is 0.269. The summed E-state index contributed by atoms with van der Waals surface area (Å²) in [7, 11) is 0. The lowest BCUT2D eigenvalue weighted by atomic mass is 9.78. The topological polar surface area (TPSA) is 253 Å². The highest BCUT2D eigenvalue weighted by atomic mass is 16.6. The number of nitro benzene ring substituents is 3. The second-order valence-corrected chi connectivity index (χ2v) is 23.3. The number of hydrogen-bond donors (Lipinski definition) is 6. The number of anilines is 6. The molecule has 0 spiro atoms. The Kier molecular flexibility index (Phi) is 18.9. The van der Waals surface area contributed by atoms with Crippen molar-refractivity contribution in [3.63, 3.8) is 0 Å². The van der Waals surface area contributed by atoms with Gasteiger partial charge in [-0.1, -0.05) is 125 Å². The van der Waals surface area contributed by atoms with Crippen molar-refractivity contribution in [2.45, 2.75) is 119 Å². The van der Waals surface area contributed by atoms with Crippen molar-refractivity contribution in [3.05, 3.63) is 213 Å². The van der Waals surface area contributed by atoms with Crippen LogP contribution < -0.4 is 31.9 Å². The van der Waals surface area contributed by atoms with E-state index in [-0.39, 0.29) is 33.3 Å². The molecule has 0 aliphatic rings. The number of nitrogens with one attached hydrogen (secondary N) is 6. The minimum atomic E-state index is -0.597. The quantitative estimate of drug-likeness (QED) is 0.0364. The van der Waals surface area contributed by atoms with Crippen LogP contribution in [0.25, 0.3) is 11.1 Å². The Hall–Kier alpha value is -10.3. The van der Waals surface area contributed by atoms with Crippen LogP contribution >= 0.6 is 0 Å². The fourth-order valence-electron chi connectivity index (χ4n) is 9.50. The molecule has 0 fully saturated rings. The number of nitrogens with zero attached hydrogens (tertiary/aromatic N) is 3. The van der Waals surface area contributed by atoms with E-state index in [1.807, 2.05) is 57.2 Å². The molecular formula is C67H69N9O9. The van der Waals surface area contributed by atoms with Crippen LogP contribution in [0.1, 0.15) is 139 Å². The van der Waals surface area contributed by atoms with Gasteiger partial charge in [0.25, 0.3) is 17.1 Å². The van der Waals surface area contributed by atoms with Crippen molar-refractivity contribution in [2.24, 2.45) is 0 Å². The smallest absolute Gasteiger partial charge is 0.308 e. The van der Waals surface area contributed by atoms with Gasteiger partial charge >= 0.3 is 18.1 Å². The van der Waals surface area contributed by atoms with E-state index in [9.17, 15) is 44.7 Å². The van der Waals surface area contributed by atoms with Crippen LogP contribution in [0.15, 0.2) is 127 Å². The Morgan fingerprint density at radius 3 is 0.976 bits per heavy atom. The monoisotopic (exact) mass is 1140 g/mol. The van der Waals surface area contributed by atoms with Crippen molar-refractivity contribution < 1.29 is 29.2 Å². The Morgan fingerprint density at radius 1 is 0.388 bits per heavy atom. The van der Waals surface area contributed by atoms with Gasteiger partial charge in [0.15, 0.2) is 0 Å². The van der Waals surface area contributed by atoms with E-state index >= 15 is 0 Å². The van der Waals surface area contributed by atoms with Gasteiger partial charge in [-0.15, -0.1) is 0 Å². The first kappa shape index (κ1) is 62.3. The first-order valence-corrected chi connectivity index (χ1v) is 27.7. The molecule has 0 saturated heterocycles. The number of amides is 6. The summed E-state index contributed by atoms with van der Waals surface area (Å²) in [5, 5.41) is 51.5. The molecule has 85 heavy (non-hydrogen) atoms. The van der Waals surface area contributed by atoms with E-state index < -0.39 is 32.9 Å². The summed E-state index contributed by atoms with van der Waals surface area (Å²) in [4.78, 5) is 74.1. The third-order valence-electron chi connectivity index (χ3n) is 14.2. The maximum Gasteiger partial charge on any atom is 0.323 e. The molecule has 7 aromatic rings. The van der Waals surface area contributed by atoms with Crippen LogP contribution in [0.3, 0.4) is 0 Å². The zero-order valence-electron chi connectivity index (χ0n) is 49.8. The summed E-state index contributed by atoms with van der Waals surface area (Å²) >= 11 is 0. The van der Waals surface area contributed by atoms with E-state index in [1.54, 1.807) is 12.1 Å². The number of carbonyl (C=O) groups excluding carboxylic acids is 3. The SMILES string of the molecule is CCc1c(C#Cc2cc(C(C)(C)C)ccc2NC(=O)Nc2ccc([N+](=O)[O-])cc2)c(CC)c(-c2cc(C(C)(C)C)ccc2NC(=O)Nc2ccc([N+](=O)[O-])cc2)c(CC)c1C#Cc1cc(C(C)(C)C)ccc1NC(=O)Nc1ccc([N+](=O)[O-])cc1. The molecule has 6 amide bonds. The summed E-state index contributed by atoms with van der Waals surface area (Å²) in [6.07, 6.45) is 1.41. The Labute approximate surface area is 495 Å². The number of carbonyl (C=O) groups is 3. The highest BCUT2D eigenvalue weighted by Crippen LogP contribution is 2.43. The maximum absolute atomic E-state index is 14.1. The average molecular weight is 1140 g/mol. The standard InChI is InChI=1S/C67H69N9O9/c1-13-52-55(33-16-41-38-43(65(4,5)6)18-35-58(41)71-62(77)68-46-21-27-49(28-22-46)74(80)81)53(14-2)61(57-40-45(67(10,11)12)20-37-60(57)73-64(79)70-48-25-31-51(32-26-48)76(84)85)54(15-3)56(52)34-17-42-39-44(66(7,8)9)19-36-59(42)72-63(78)69-47-23-29-50(30-24-47)75(82)83/h18-32,35-40H,13-15H2,1-12H3,(H2,68,71,77)(H2,69,72,78)(H2,70,73,79). The van der Waals surface area contributed by atoms with Crippen LogP contribution in [0.5, 0.6) is 0 Å². The zero-order valence-corrected chi connectivity index (χ0v) is 49.8. The van der Waals surface area contributed by atoms with E-state index in [2.05, 4.69) is 124 Å². The minimum Gasteiger partial charge on any atom is -0.308 e. The molecule has 0 heterocycles. The molecule has 18 heteroatoms. The Bertz CT molecular complexity index is 3700. The molecule has 0 saturated carbocycles. The lowest BCUT2D eigenvalue weighted by Crippen LogP contribution is -2.21. The Morgan fingerprint density at radius 2 is 0.682 bits per heavy atom. The molecule has 0 aliphatic heterocycles. The number of non-ortho nitro benzene ring substituents is 3. The van der Waals surface area contributed by atoms with Gasteiger partial charge in [-0.25, -0.2) is 14.4 Å². The third kappa shape index (κ3) is 15.4. The molecule has 0 aromatic heterocycles. The van der Waals surface area contributed by atoms with E-state index in [0.717, 1.165) is 38.9 Å². The lowest BCUT2D eigenvalue weighted by Gasteiger charge is -2.26. The normalized spacial score (nSPS) is 11.2. The molecule has 436 valence electrons. The first-order chi connectivity index (χ1) is 40.1. The summed E-state index contributed by atoms with van der Waals surface area (Å²) in [5.74, 6) is 14.2. The summed E-state index contributed by atoms with van der Waals surface area (Å²) in [6.45, 7) is 24.9. The fourth-order valence-corrected chi connectivity index (χ4v) is 9.50. The highest BCUT2D eigenvalue weighted by molar-refractivity contribution is 6.04. The van der Waals surface area contributed by atoms with Crippen LogP contribution in [-0.2, 0) is 35.5 Å². The second-order valence-electron chi connectivity index (χ2n) is 23.3. The molecule has 0 radical (unpaired) electrons. The van der Waals surface area contributed by atoms with Gasteiger partial charge in [0.05, 0.1) is 31.8 Å². The van der Waals surface area contributed by atoms with Gasteiger partial charge in [0, 0.05) is 81.3 Å². The number of nitro groups is 3. The predicted octanol–water partition coefficient (Wildman–Crippen LogP) is 16.4.